The van der Waals surface area contributed by atoms with Crippen LogP contribution >= 0.6 is 0 Å². The van der Waals surface area contributed by atoms with Crippen LogP contribution in [-0.4, -0.2) is 40.3 Å². The highest BCUT2D eigenvalue weighted by atomic mass is 16.5. The Morgan fingerprint density at radius 3 is 2.56 bits per heavy atom. The minimum Gasteiger partial charge on any atom is -0.466 e. The molecule has 100 valence electrons. The largest absolute Gasteiger partial charge is 0.466 e. The van der Waals surface area contributed by atoms with Gasteiger partial charge in [-0.25, -0.2) is 9.89 Å². The van der Waals surface area contributed by atoms with Gasteiger partial charge in [0.2, 0.25) is 11.9 Å². The van der Waals surface area contributed by atoms with E-state index >= 15 is 0 Å². The van der Waals surface area contributed by atoms with Crippen molar-refractivity contribution in [1.29, 1.82) is 0 Å². The number of aromatic amines is 1. The number of anilines is 1. The predicted molar refractivity (Wildman–Crippen MR) is 62.9 cm³/mol. The molecule has 0 aliphatic rings. The molecule has 0 fully saturated rings. The molecule has 0 saturated heterocycles. The number of ether oxygens (including phenoxy) is 1. The maximum absolute atomic E-state index is 11.9. The predicted octanol–water partition coefficient (Wildman–Crippen LogP) is -0.555. The number of carbonyl (C=O) groups is 2. The van der Waals surface area contributed by atoms with Gasteiger partial charge >= 0.3 is 12.0 Å². The summed E-state index contributed by atoms with van der Waals surface area (Å²) in [6.07, 6.45) is 0. The molecule has 5 N–H and O–H groups in total. The lowest BCUT2D eigenvalue weighted by molar-refractivity contribution is -0.118. The molecule has 9 nitrogen and oxygen atoms in total. The Morgan fingerprint density at radius 1 is 1.44 bits per heavy atom. The van der Waals surface area contributed by atoms with Gasteiger partial charge in [0.05, 0.1) is 7.11 Å². The first-order chi connectivity index (χ1) is 8.43. The van der Waals surface area contributed by atoms with Crippen molar-refractivity contribution in [3.8, 4) is 6.01 Å². The van der Waals surface area contributed by atoms with Crippen molar-refractivity contribution < 1.29 is 14.3 Å². The number of methoxy groups -OCH3 is 1. The monoisotopic (exact) mass is 256 g/mol. The molecular weight excluding hydrogens is 240 g/mol. The first kappa shape index (κ1) is 13.7. The molecule has 1 aromatic rings. The smallest absolute Gasteiger partial charge is 0.336 e. The second-order valence-electron chi connectivity index (χ2n) is 3.89. The van der Waals surface area contributed by atoms with Crippen LogP contribution in [0.15, 0.2) is 0 Å². The van der Waals surface area contributed by atoms with Crippen LogP contribution in [0.5, 0.6) is 6.01 Å². The third-order valence-electron chi connectivity index (χ3n) is 2.14. The van der Waals surface area contributed by atoms with E-state index in [9.17, 15) is 9.59 Å². The van der Waals surface area contributed by atoms with E-state index < -0.39 is 18.0 Å². The molecule has 1 heterocycles. The quantitative estimate of drug-likeness (QED) is 0.560. The second-order valence-corrected chi connectivity index (χ2v) is 3.89. The first-order valence-corrected chi connectivity index (χ1v) is 5.27. The third kappa shape index (κ3) is 3.61. The zero-order valence-electron chi connectivity index (χ0n) is 10.4. The lowest BCUT2D eigenvalue weighted by Gasteiger charge is -2.19. The number of nitrogens with zero attached hydrogens (tertiary/aromatic N) is 2. The third-order valence-corrected chi connectivity index (χ3v) is 2.14. The van der Waals surface area contributed by atoms with Crippen molar-refractivity contribution in [3.05, 3.63) is 0 Å². The number of primary amides is 1. The highest BCUT2D eigenvalue weighted by molar-refractivity contribution is 5.95. The topological polar surface area (TPSA) is 135 Å². The Balaban J connectivity index is 2.69. The minimum atomic E-state index is -0.765. The van der Waals surface area contributed by atoms with E-state index in [0.29, 0.717) is 0 Å². The van der Waals surface area contributed by atoms with Crippen molar-refractivity contribution >= 4 is 17.9 Å². The van der Waals surface area contributed by atoms with Gasteiger partial charge in [-0.05, 0) is 5.92 Å². The number of H-pyrrole nitrogens is 1. The average molecular weight is 256 g/mol. The molecule has 1 rings (SSSR count). The van der Waals surface area contributed by atoms with Gasteiger partial charge in [0.15, 0.2) is 0 Å². The lowest BCUT2D eigenvalue weighted by Crippen LogP contribution is -2.49. The fourth-order valence-electron chi connectivity index (χ4n) is 1.28. The average Bonchev–Trinajstić information content (AvgIpc) is 2.72. The Hall–Kier alpha value is -2.32. The number of urea groups is 1. The molecular formula is C9H16N6O3. The van der Waals surface area contributed by atoms with E-state index in [0.717, 1.165) is 0 Å². The van der Waals surface area contributed by atoms with Crippen LogP contribution in [-0.2, 0) is 4.79 Å². The van der Waals surface area contributed by atoms with Crippen LogP contribution in [0.4, 0.5) is 10.7 Å². The van der Waals surface area contributed by atoms with Crippen LogP contribution in [0.2, 0.25) is 0 Å². The Morgan fingerprint density at radius 2 is 2.11 bits per heavy atom. The van der Waals surface area contributed by atoms with Gasteiger partial charge in [-0.15, -0.1) is 5.10 Å². The molecule has 1 atom stereocenters. The zero-order chi connectivity index (χ0) is 13.7. The molecule has 18 heavy (non-hydrogen) atoms. The summed E-state index contributed by atoms with van der Waals surface area (Å²) in [7, 11) is 1.40. The summed E-state index contributed by atoms with van der Waals surface area (Å²) >= 11 is 0. The van der Waals surface area contributed by atoms with Crippen molar-refractivity contribution in [3.63, 3.8) is 0 Å². The van der Waals surface area contributed by atoms with Crippen LogP contribution < -0.4 is 21.1 Å². The first-order valence-electron chi connectivity index (χ1n) is 5.27. The van der Waals surface area contributed by atoms with E-state index in [1.807, 2.05) is 0 Å². The molecule has 0 radical (unpaired) electrons. The highest BCUT2D eigenvalue weighted by Gasteiger charge is 2.24. The molecule has 3 amide bonds. The molecule has 0 aromatic carbocycles. The van der Waals surface area contributed by atoms with Crippen molar-refractivity contribution in [2.24, 2.45) is 11.7 Å². The van der Waals surface area contributed by atoms with Gasteiger partial charge in [-0.2, -0.15) is 4.98 Å². The molecule has 0 saturated carbocycles. The number of amides is 3. The van der Waals surface area contributed by atoms with Gasteiger partial charge in [-0.3, -0.25) is 10.1 Å². The molecule has 1 unspecified atom stereocenters. The van der Waals surface area contributed by atoms with Gasteiger partial charge in [0.25, 0.3) is 0 Å². The Bertz CT molecular complexity index is 430. The SMILES string of the molecule is COc1n[nH]c(NC(=O)C(NC(N)=O)C(C)C)n1. The van der Waals surface area contributed by atoms with E-state index in [1.165, 1.54) is 7.11 Å². The van der Waals surface area contributed by atoms with Crippen LogP contribution in [0.1, 0.15) is 13.8 Å². The van der Waals surface area contributed by atoms with Crippen LogP contribution in [0, 0.1) is 5.92 Å². The minimum absolute atomic E-state index is 0.106. The second kappa shape index (κ2) is 5.84. The van der Waals surface area contributed by atoms with E-state index in [2.05, 4.69) is 25.8 Å². The van der Waals surface area contributed by atoms with Crippen LogP contribution in [0.3, 0.4) is 0 Å². The molecule has 9 heteroatoms. The molecule has 0 aliphatic carbocycles. The van der Waals surface area contributed by atoms with E-state index in [1.54, 1.807) is 13.8 Å². The van der Waals surface area contributed by atoms with Gasteiger partial charge in [0.1, 0.15) is 6.04 Å². The Labute approximate surface area is 103 Å². The van der Waals surface area contributed by atoms with Crippen LogP contribution in [0.25, 0.3) is 0 Å². The van der Waals surface area contributed by atoms with Crippen molar-refractivity contribution in [2.75, 3.05) is 12.4 Å². The number of aromatic nitrogens is 3. The maximum Gasteiger partial charge on any atom is 0.336 e. The number of nitrogens with two attached hydrogens (primary N) is 1. The fraction of sp³-hybridized carbons (Fsp3) is 0.556. The van der Waals surface area contributed by atoms with E-state index in [4.69, 9.17) is 10.5 Å². The maximum atomic E-state index is 11.9. The van der Waals surface area contributed by atoms with E-state index in [-0.39, 0.29) is 17.9 Å². The summed E-state index contributed by atoms with van der Waals surface area (Å²) in [5.41, 5.74) is 5.00. The summed E-state index contributed by atoms with van der Waals surface area (Å²) in [5, 5.41) is 11.0. The van der Waals surface area contributed by atoms with Crippen molar-refractivity contribution in [2.45, 2.75) is 19.9 Å². The fourth-order valence-corrected chi connectivity index (χ4v) is 1.28. The lowest BCUT2D eigenvalue weighted by atomic mass is 10.0. The number of nitrogens with one attached hydrogen (secondary N) is 3. The van der Waals surface area contributed by atoms with Crippen molar-refractivity contribution in [1.82, 2.24) is 20.5 Å². The standard InChI is InChI=1S/C9H16N6O3/c1-4(2)5(11-7(10)17)6(16)12-8-13-9(18-3)15-14-8/h4-5H,1-3H3,(H3,10,11,17)(H2,12,13,14,15,16). The normalized spacial score (nSPS) is 12.0. The number of carbonyl (C=O) groups excluding carboxylic acids is 2. The molecule has 0 aliphatic heterocycles. The molecule has 0 spiro atoms. The van der Waals surface area contributed by atoms with Gasteiger partial charge in [-0.1, -0.05) is 13.8 Å². The Kier molecular flexibility index (Phi) is 4.46. The summed E-state index contributed by atoms with van der Waals surface area (Å²) < 4.78 is 4.75. The summed E-state index contributed by atoms with van der Waals surface area (Å²) in [4.78, 5) is 26.5. The number of rotatable bonds is 5. The zero-order valence-corrected chi connectivity index (χ0v) is 10.4. The van der Waals surface area contributed by atoms with Gasteiger partial charge in [0, 0.05) is 0 Å². The summed E-state index contributed by atoms with van der Waals surface area (Å²) in [6, 6.07) is -1.41. The summed E-state index contributed by atoms with van der Waals surface area (Å²) in [6.45, 7) is 3.56. The number of hydrogen-bond acceptors (Lipinski definition) is 5. The molecule has 0 bridgehead atoms. The highest BCUT2D eigenvalue weighted by Crippen LogP contribution is 2.08. The van der Waals surface area contributed by atoms with Gasteiger partial charge < -0.3 is 15.8 Å². The molecule has 1 aromatic heterocycles. The number of hydrogen-bond donors (Lipinski definition) is 4. The summed E-state index contributed by atoms with van der Waals surface area (Å²) in [5.74, 6) is -0.432.